The van der Waals surface area contributed by atoms with Gasteiger partial charge >= 0.3 is 0 Å². The number of piperidine rings is 2. The highest BCUT2D eigenvalue weighted by molar-refractivity contribution is 5.94. The molecule has 0 unspecified atom stereocenters. The second-order valence-corrected chi connectivity index (χ2v) is 7.64. The topological polar surface area (TPSA) is 53.7 Å². The van der Waals surface area contributed by atoms with Crippen LogP contribution in [0, 0.1) is 5.41 Å². The predicted molar refractivity (Wildman–Crippen MR) is 92.2 cm³/mol. The van der Waals surface area contributed by atoms with E-state index in [0.717, 1.165) is 51.9 Å². The van der Waals surface area contributed by atoms with Gasteiger partial charge in [0.1, 0.15) is 0 Å². The number of fused-ring (bicyclic) bond motifs is 1. The molecule has 0 N–H and O–H groups in total. The van der Waals surface area contributed by atoms with Crippen molar-refractivity contribution in [2.45, 2.75) is 32.1 Å². The molecule has 0 radical (unpaired) electrons. The zero-order chi connectivity index (χ0) is 18.3. The van der Waals surface area contributed by atoms with E-state index in [-0.39, 0.29) is 11.3 Å². The molecule has 0 atom stereocenters. The van der Waals surface area contributed by atoms with Gasteiger partial charge in [0.05, 0.1) is 5.56 Å². The second kappa shape index (κ2) is 6.57. The van der Waals surface area contributed by atoms with Crippen molar-refractivity contribution in [2.75, 3.05) is 33.2 Å². The van der Waals surface area contributed by atoms with E-state index in [4.69, 9.17) is 0 Å². The number of rotatable bonds is 2. The Morgan fingerprint density at radius 3 is 2.65 bits per heavy atom. The molecule has 1 spiro atoms. The predicted octanol–water partition coefficient (Wildman–Crippen LogP) is 2.61. The summed E-state index contributed by atoms with van der Waals surface area (Å²) in [5.41, 5.74) is 0.932. The van der Waals surface area contributed by atoms with E-state index in [1.165, 1.54) is 10.6 Å². The van der Waals surface area contributed by atoms with E-state index in [1.54, 1.807) is 12.1 Å². The van der Waals surface area contributed by atoms with Gasteiger partial charge < -0.3 is 9.80 Å². The summed E-state index contributed by atoms with van der Waals surface area (Å²) in [4.78, 5) is 17.2. The number of nitrogens with zero attached hydrogens (tertiary/aromatic N) is 5. The third-order valence-corrected chi connectivity index (χ3v) is 5.87. The van der Waals surface area contributed by atoms with Crippen LogP contribution in [0.3, 0.4) is 0 Å². The largest absolute Gasteiger partial charge is 0.338 e. The summed E-state index contributed by atoms with van der Waals surface area (Å²) in [5, 5.41) is 7.25. The number of carbonyl (C=O) groups is 1. The fourth-order valence-corrected chi connectivity index (χ4v) is 4.25. The van der Waals surface area contributed by atoms with Crippen molar-refractivity contribution in [1.29, 1.82) is 0 Å². The highest BCUT2D eigenvalue weighted by atomic mass is 19.3. The lowest BCUT2D eigenvalue weighted by molar-refractivity contribution is 0.0261. The molecule has 0 aliphatic carbocycles. The van der Waals surface area contributed by atoms with Crippen LogP contribution < -0.4 is 0 Å². The fraction of sp³-hybridized carbons (Fsp3) is 0.611. The SMILES string of the molecule is CN1CCC2(CCCN(C(=O)c3ccc4nnc(C(F)F)n4c3)C2)CC1. The third-order valence-electron chi connectivity index (χ3n) is 5.87. The Bertz CT molecular complexity index is 813. The van der Waals surface area contributed by atoms with E-state index >= 15 is 0 Å². The first-order valence-corrected chi connectivity index (χ1v) is 9.08. The van der Waals surface area contributed by atoms with Crippen LogP contribution in [0.4, 0.5) is 8.78 Å². The minimum absolute atomic E-state index is 0.0983. The average Bonchev–Trinajstić information content (AvgIpc) is 3.07. The summed E-state index contributed by atoms with van der Waals surface area (Å²) in [6, 6.07) is 3.22. The normalized spacial score (nSPS) is 21.0. The molecule has 2 aromatic rings. The van der Waals surface area contributed by atoms with Crippen LogP contribution in [0.2, 0.25) is 0 Å². The zero-order valence-electron chi connectivity index (χ0n) is 14.9. The van der Waals surface area contributed by atoms with Crippen molar-refractivity contribution in [3.8, 4) is 0 Å². The van der Waals surface area contributed by atoms with E-state index < -0.39 is 12.2 Å². The molecule has 140 valence electrons. The molecule has 0 saturated carbocycles. The molecule has 2 fully saturated rings. The number of likely N-dealkylation sites (tertiary alicyclic amines) is 2. The van der Waals surface area contributed by atoms with Gasteiger partial charge in [0, 0.05) is 19.3 Å². The van der Waals surface area contributed by atoms with Gasteiger partial charge in [-0.2, -0.15) is 0 Å². The maximum absolute atomic E-state index is 13.1. The number of amides is 1. The summed E-state index contributed by atoms with van der Waals surface area (Å²) in [6.45, 7) is 3.60. The van der Waals surface area contributed by atoms with Crippen LogP contribution in [0.5, 0.6) is 0 Å². The lowest BCUT2D eigenvalue weighted by Gasteiger charge is -2.47. The first-order chi connectivity index (χ1) is 12.5. The zero-order valence-corrected chi connectivity index (χ0v) is 14.9. The summed E-state index contributed by atoms with van der Waals surface area (Å²) in [5.74, 6) is -0.529. The molecule has 26 heavy (non-hydrogen) atoms. The van der Waals surface area contributed by atoms with Gasteiger partial charge in [0.25, 0.3) is 12.3 Å². The summed E-state index contributed by atoms with van der Waals surface area (Å²) < 4.78 is 27.3. The van der Waals surface area contributed by atoms with Crippen LogP contribution in [0.25, 0.3) is 5.65 Å². The molecule has 2 saturated heterocycles. The molecule has 4 heterocycles. The molecular formula is C18H23F2N5O. The molecule has 2 aliphatic heterocycles. The molecular weight excluding hydrogens is 340 g/mol. The molecule has 2 aliphatic rings. The van der Waals surface area contributed by atoms with E-state index in [9.17, 15) is 13.6 Å². The summed E-state index contributed by atoms with van der Waals surface area (Å²) in [6.07, 6.45) is 3.07. The standard InChI is InChI=1S/C18H23F2N5O/c1-23-9-6-18(7-10-23)5-2-8-24(12-18)17(26)13-3-4-14-21-22-16(15(19)20)25(14)11-13/h3-4,11,15H,2,5-10,12H2,1H3. The van der Waals surface area contributed by atoms with Gasteiger partial charge in [-0.1, -0.05) is 0 Å². The third kappa shape index (κ3) is 3.06. The number of halogens is 2. The average molecular weight is 363 g/mol. The lowest BCUT2D eigenvalue weighted by atomic mass is 9.72. The van der Waals surface area contributed by atoms with Crippen molar-refractivity contribution in [3.63, 3.8) is 0 Å². The van der Waals surface area contributed by atoms with Crippen LogP contribution in [-0.4, -0.2) is 63.5 Å². The molecule has 8 heteroatoms. The minimum atomic E-state index is -2.73. The van der Waals surface area contributed by atoms with E-state index in [0.29, 0.717) is 11.2 Å². The van der Waals surface area contributed by atoms with Crippen molar-refractivity contribution in [3.05, 3.63) is 29.7 Å². The van der Waals surface area contributed by atoms with Gasteiger partial charge in [0.2, 0.25) is 5.82 Å². The van der Waals surface area contributed by atoms with Crippen molar-refractivity contribution < 1.29 is 13.6 Å². The molecule has 6 nitrogen and oxygen atoms in total. The van der Waals surface area contributed by atoms with Crippen molar-refractivity contribution in [1.82, 2.24) is 24.4 Å². The number of carbonyl (C=O) groups excluding carboxylic acids is 1. The van der Waals surface area contributed by atoms with Gasteiger partial charge in [-0.05, 0) is 63.4 Å². The highest BCUT2D eigenvalue weighted by Crippen LogP contribution is 2.39. The van der Waals surface area contributed by atoms with Crippen molar-refractivity contribution >= 4 is 11.6 Å². The van der Waals surface area contributed by atoms with Crippen LogP contribution in [-0.2, 0) is 0 Å². The molecule has 0 aromatic carbocycles. The number of pyridine rings is 1. The van der Waals surface area contributed by atoms with Crippen LogP contribution in [0.1, 0.15) is 48.3 Å². The number of alkyl halides is 2. The van der Waals surface area contributed by atoms with Crippen molar-refractivity contribution in [2.24, 2.45) is 5.41 Å². The first-order valence-electron chi connectivity index (χ1n) is 9.08. The first kappa shape index (κ1) is 17.3. The Morgan fingerprint density at radius 2 is 1.92 bits per heavy atom. The maximum atomic E-state index is 13.1. The Hall–Kier alpha value is -2.09. The number of hydrogen-bond acceptors (Lipinski definition) is 4. The van der Waals surface area contributed by atoms with Gasteiger partial charge in [-0.3, -0.25) is 9.20 Å². The lowest BCUT2D eigenvalue weighted by Crippen LogP contribution is -2.50. The minimum Gasteiger partial charge on any atom is -0.338 e. The smallest absolute Gasteiger partial charge is 0.297 e. The van der Waals surface area contributed by atoms with Gasteiger partial charge in [0.15, 0.2) is 5.65 Å². The Morgan fingerprint density at radius 1 is 1.15 bits per heavy atom. The van der Waals surface area contributed by atoms with E-state index in [1.807, 2.05) is 4.90 Å². The number of hydrogen-bond donors (Lipinski definition) is 0. The van der Waals surface area contributed by atoms with E-state index in [2.05, 4.69) is 22.1 Å². The molecule has 4 rings (SSSR count). The Kier molecular flexibility index (Phi) is 4.38. The second-order valence-electron chi connectivity index (χ2n) is 7.64. The monoisotopic (exact) mass is 363 g/mol. The van der Waals surface area contributed by atoms with Gasteiger partial charge in [-0.25, -0.2) is 8.78 Å². The van der Waals surface area contributed by atoms with Gasteiger partial charge in [-0.15, -0.1) is 10.2 Å². The Labute approximate surface area is 150 Å². The molecule has 0 bridgehead atoms. The Balaban J connectivity index is 1.57. The van der Waals surface area contributed by atoms with Crippen LogP contribution >= 0.6 is 0 Å². The highest BCUT2D eigenvalue weighted by Gasteiger charge is 2.39. The van der Waals surface area contributed by atoms with Crippen LogP contribution in [0.15, 0.2) is 18.3 Å². The summed E-state index contributed by atoms with van der Waals surface area (Å²) >= 11 is 0. The molecule has 1 amide bonds. The maximum Gasteiger partial charge on any atom is 0.297 e. The fourth-order valence-electron chi connectivity index (χ4n) is 4.25. The number of aromatic nitrogens is 3. The molecule has 2 aromatic heterocycles. The quantitative estimate of drug-likeness (QED) is 0.823. The summed E-state index contributed by atoms with van der Waals surface area (Å²) in [7, 11) is 2.13.